The number of halogens is 3. The van der Waals surface area contributed by atoms with Crippen LogP contribution in [0.3, 0.4) is 0 Å². The molecule has 0 aromatic heterocycles. The molecule has 0 atom stereocenters. The van der Waals surface area contributed by atoms with Gasteiger partial charge in [0.2, 0.25) is 0 Å². The topological polar surface area (TPSA) is 20.2 Å². The number of phenols is 1. The van der Waals surface area contributed by atoms with E-state index in [1.807, 2.05) is 0 Å². The number of aromatic hydroxyl groups is 1. The van der Waals surface area contributed by atoms with E-state index >= 15 is 0 Å². The minimum absolute atomic E-state index is 0.295. The first-order valence-corrected chi connectivity index (χ1v) is 4.26. The Kier molecular flexibility index (Phi) is 2.73. The summed E-state index contributed by atoms with van der Waals surface area (Å²) >= 11 is 0. The number of aryl methyl sites for hydroxylation is 1. The predicted octanol–water partition coefficient (Wildman–Crippen LogP) is 3.28. The second-order valence-corrected chi connectivity index (χ2v) is 3.13. The molecule has 0 fully saturated rings. The third kappa shape index (κ3) is 2.00. The van der Waals surface area contributed by atoms with Crippen LogP contribution in [0.25, 0.3) is 0 Å². The molecule has 78 valence electrons. The summed E-state index contributed by atoms with van der Waals surface area (Å²) in [7, 11) is 0. The Balaban J connectivity index is 3.30. The van der Waals surface area contributed by atoms with Gasteiger partial charge < -0.3 is 5.11 Å². The second-order valence-electron chi connectivity index (χ2n) is 3.13. The van der Waals surface area contributed by atoms with Gasteiger partial charge in [-0.15, -0.1) is 0 Å². The largest absolute Gasteiger partial charge is 0.508 e. The van der Waals surface area contributed by atoms with Crippen molar-refractivity contribution in [2.75, 3.05) is 0 Å². The summed E-state index contributed by atoms with van der Waals surface area (Å²) < 4.78 is 36.9. The van der Waals surface area contributed by atoms with Crippen molar-refractivity contribution in [3.05, 3.63) is 28.8 Å². The maximum atomic E-state index is 12.3. The van der Waals surface area contributed by atoms with Gasteiger partial charge in [0.15, 0.2) is 0 Å². The van der Waals surface area contributed by atoms with Crippen LogP contribution in [0, 0.1) is 6.92 Å². The van der Waals surface area contributed by atoms with Gasteiger partial charge in [-0.3, -0.25) is 0 Å². The fourth-order valence-corrected chi connectivity index (χ4v) is 1.29. The molecule has 0 heterocycles. The smallest absolute Gasteiger partial charge is 0.416 e. The normalized spacial score (nSPS) is 11.8. The van der Waals surface area contributed by atoms with E-state index in [1.54, 1.807) is 13.8 Å². The lowest BCUT2D eigenvalue weighted by molar-refractivity contribution is -0.137. The summed E-state index contributed by atoms with van der Waals surface area (Å²) in [6.45, 7) is 3.36. The standard InChI is InChI=1S/C10H11F3O/c1-3-7-4-8(10(11,12)13)5-9(14)6(7)2/h4-5,14H,3H2,1-2H3. The fourth-order valence-electron chi connectivity index (χ4n) is 1.29. The van der Waals surface area contributed by atoms with E-state index in [0.717, 1.165) is 12.1 Å². The molecule has 14 heavy (non-hydrogen) atoms. The number of rotatable bonds is 1. The van der Waals surface area contributed by atoms with Crippen LogP contribution in [0.4, 0.5) is 13.2 Å². The molecule has 0 aliphatic heterocycles. The maximum absolute atomic E-state index is 12.3. The van der Waals surface area contributed by atoms with E-state index in [2.05, 4.69) is 0 Å². The van der Waals surface area contributed by atoms with Gasteiger partial charge in [-0.2, -0.15) is 13.2 Å². The average molecular weight is 204 g/mol. The van der Waals surface area contributed by atoms with Crippen LogP contribution in [0.15, 0.2) is 12.1 Å². The Morgan fingerprint density at radius 1 is 1.29 bits per heavy atom. The lowest BCUT2D eigenvalue weighted by Crippen LogP contribution is -2.06. The zero-order valence-corrected chi connectivity index (χ0v) is 7.94. The van der Waals surface area contributed by atoms with E-state index in [0.29, 0.717) is 17.5 Å². The van der Waals surface area contributed by atoms with Gasteiger partial charge in [0, 0.05) is 0 Å². The lowest BCUT2D eigenvalue weighted by Gasteiger charge is -2.11. The van der Waals surface area contributed by atoms with Crippen LogP contribution in [0.2, 0.25) is 0 Å². The van der Waals surface area contributed by atoms with Crippen molar-refractivity contribution in [2.45, 2.75) is 26.4 Å². The van der Waals surface area contributed by atoms with Crippen molar-refractivity contribution in [1.82, 2.24) is 0 Å². The van der Waals surface area contributed by atoms with Crippen LogP contribution in [-0.4, -0.2) is 5.11 Å². The van der Waals surface area contributed by atoms with Gasteiger partial charge in [-0.05, 0) is 36.6 Å². The zero-order chi connectivity index (χ0) is 10.9. The van der Waals surface area contributed by atoms with Crippen molar-refractivity contribution in [2.24, 2.45) is 0 Å². The number of hydrogen-bond acceptors (Lipinski definition) is 1. The highest BCUT2D eigenvalue weighted by Crippen LogP contribution is 2.34. The Hall–Kier alpha value is -1.19. The SMILES string of the molecule is CCc1cc(C(F)(F)F)cc(O)c1C. The minimum atomic E-state index is -4.39. The Morgan fingerprint density at radius 3 is 2.29 bits per heavy atom. The molecule has 0 unspecified atom stereocenters. The molecular weight excluding hydrogens is 193 g/mol. The highest BCUT2D eigenvalue weighted by Gasteiger charge is 2.31. The van der Waals surface area contributed by atoms with Crippen molar-refractivity contribution in [3.8, 4) is 5.75 Å². The van der Waals surface area contributed by atoms with Gasteiger partial charge in [0.1, 0.15) is 5.75 Å². The van der Waals surface area contributed by atoms with Crippen molar-refractivity contribution in [3.63, 3.8) is 0 Å². The maximum Gasteiger partial charge on any atom is 0.416 e. The quantitative estimate of drug-likeness (QED) is 0.744. The first kappa shape index (κ1) is 10.9. The predicted molar refractivity (Wildman–Crippen MR) is 47.2 cm³/mol. The third-order valence-corrected chi connectivity index (χ3v) is 2.20. The average Bonchev–Trinajstić information content (AvgIpc) is 2.07. The van der Waals surface area contributed by atoms with Crippen LogP contribution in [0.1, 0.15) is 23.6 Å². The summed E-state index contributed by atoms with van der Waals surface area (Å²) in [5.41, 5.74) is 0.246. The minimum Gasteiger partial charge on any atom is -0.508 e. The van der Waals surface area contributed by atoms with Crippen molar-refractivity contribution in [1.29, 1.82) is 0 Å². The molecule has 1 aromatic carbocycles. The molecule has 0 saturated carbocycles. The highest BCUT2D eigenvalue weighted by atomic mass is 19.4. The summed E-state index contributed by atoms with van der Waals surface area (Å²) in [6, 6.07) is 1.84. The number of alkyl halides is 3. The summed E-state index contributed by atoms with van der Waals surface area (Å²) in [5, 5.41) is 9.28. The van der Waals surface area contributed by atoms with E-state index in [4.69, 9.17) is 0 Å². The Labute approximate surface area is 80.2 Å². The third-order valence-electron chi connectivity index (χ3n) is 2.20. The second kappa shape index (κ2) is 3.52. The Bertz CT molecular complexity index is 342. The summed E-state index contributed by atoms with van der Waals surface area (Å²) in [6.07, 6.45) is -3.92. The molecule has 1 rings (SSSR count). The lowest BCUT2D eigenvalue weighted by atomic mass is 10.0. The highest BCUT2D eigenvalue weighted by molar-refractivity contribution is 5.43. The molecule has 1 N–H and O–H groups in total. The van der Waals surface area contributed by atoms with Gasteiger partial charge in [0.05, 0.1) is 5.56 Å². The van der Waals surface area contributed by atoms with Crippen LogP contribution in [0.5, 0.6) is 5.75 Å². The molecule has 0 spiro atoms. The molecule has 0 saturated heterocycles. The number of phenolic OH excluding ortho intramolecular Hbond substituents is 1. The summed E-state index contributed by atoms with van der Waals surface area (Å²) in [4.78, 5) is 0. The summed E-state index contributed by atoms with van der Waals surface area (Å²) in [5.74, 6) is -0.295. The van der Waals surface area contributed by atoms with Crippen LogP contribution in [-0.2, 0) is 12.6 Å². The molecule has 1 aromatic rings. The van der Waals surface area contributed by atoms with Gasteiger partial charge >= 0.3 is 6.18 Å². The van der Waals surface area contributed by atoms with E-state index in [1.165, 1.54) is 0 Å². The molecule has 0 amide bonds. The van der Waals surface area contributed by atoms with Crippen LogP contribution >= 0.6 is 0 Å². The molecule has 0 aliphatic carbocycles. The molecule has 0 bridgehead atoms. The van der Waals surface area contributed by atoms with Crippen molar-refractivity contribution >= 4 is 0 Å². The van der Waals surface area contributed by atoms with Crippen molar-refractivity contribution < 1.29 is 18.3 Å². The molecule has 0 aliphatic rings. The monoisotopic (exact) mass is 204 g/mol. The molecule has 4 heteroatoms. The van der Waals surface area contributed by atoms with Crippen LogP contribution < -0.4 is 0 Å². The van der Waals surface area contributed by atoms with Gasteiger partial charge in [0.25, 0.3) is 0 Å². The van der Waals surface area contributed by atoms with E-state index in [9.17, 15) is 18.3 Å². The molecule has 1 nitrogen and oxygen atoms in total. The van der Waals surface area contributed by atoms with Gasteiger partial charge in [-0.1, -0.05) is 6.92 Å². The van der Waals surface area contributed by atoms with E-state index < -0.39 is 11.7 Å². The number of benzene rings is 1. The molecule has 0 radical (unpaired) electrons. The Morgan fingerprint density at radius 2 is 1.86 bits per heavy atom. The van der Waals surface area contributed by atoms with E-state index in [-0.39, 0.29) is 5.75 Å². The molecular formula is C10H11F3O. The fraction of sp³-hybridized carbons (Fsp3) is 0.400. The number of hydrogen-bond donors (Lipinski definition) is 1. The zero-order valence-electron chi connectivity index (χ0n) is 7.94. The first-order chi connectivity index (χ1) is 6.36. The van der Waals surface area contributed by atoms with Gasteiger partial charge in [-0.25, -0.2) is 0 Å². The first-order valence-electron chi connectivity index (χ1n) is 4.26.